The van der Waals surface area contributed by atoms with Crippen LogP contribution in [0.2, 0.25) is 0 Å². The highest BCUT2D eigenvalue weighted by Gasteiger charge is 2.26. The van der Waals surface area contributed by atoms with E-state index < -0.39 is 18.6 Å². The number of thioether (sulfide) groups is 1. The van der Waals surface area contributed by atoms with Gasteiger partial charge in [-0.2, -0.15) is 8.78 Å². The molecule has 0 amide bonds. The fraction of sp³-hybridized carbons (Fsp3) is 0.364. The van der Waals surface area contributed by atoms with E-state index in [-0.39, 0.29) is 11.9 Å². The molecule has 4 rings (SSSR count). The van der Waals surface area contributed by atoms with E-state index in [0.717, 1.165) is 34.7 Å². The molecule has 0 spiro atoms. The van der Waals surface area contributed by atoms with Gasteiger partial charge in [0.2, 0.25) is 0 Å². The molecule has 2 heterocycles. The zero-order valence-electron chi connectivity index (χ0n) is 16.5. The summed E-state index contributed by atoms with van der Waals surface area (Å²) in [6.07, 6.45) is 1.32. The number of ether oxygens (including phenoxy) is 2. The summed E-state index contributed by atoms with van der Waals surface area (Å²) in [5, 5.41) is 0. The topological polar surface area (TPSA) is 53.4 Å². The van der Waals surface area contributed by atoms with Crippen LogP contribution in [0.3, 0.4) is 0 Å². The van der Waals surface area contributed by atoms with Crippen LogP contribution >= 0.6 is 11.8 Å². The van der Waals surface area contributed by atoms with Gasteiger partial charge in [-0.05, 0) is 44.0 Å². The smallest absolute Gasteiger partial charge is 0.339 e. The third kappa shape index (κ3) is 4.34. The van der Waals surface area contributed by atoms with E-state index in [1.54, 1.807) is 55.1 Å². The van der Waals surface area contributed by atoms with Crippen molar-refractivity contribution in [3.63, 3.8) is 0 Å². The number of hydrogen-bond donors (Lipinski definition) is 0. The van der Waals surface area contributed by atoms with Crippen LogP contribution in [0.5, 0.6) is 0 Å². The normalized spacial score (nSPS) is 17.5. The van der Waals surface area contributed by atoms with Crippen LogP contribution in [-0.2, 0) is 9.47 Å². The number of carbonyl (C=O) groups excluding carboxylic acids is 1. The van der Waals surface area contributed by atoms with E-state index in [0.29, 0.717) is 16.6 Å². The van der Waals surface area contributed by atoms with Crippen LogP contribution in [0.15, 0.2) is 53.4 Å². The lowest BCUT2D eigenvalue weighted by molar-refractivity contribution is 0.0229. The minimum atomic E-state index is -2.79. The number of hydrogen-bond acceptors (Lipinski definition) is 5. The van der Waals surface area contributed by atoms with Crippen LogP contribution in [-0.4, -0.2) is 34.0 Å². The number of nitrogens with zero attached hydrogens (tertiary/aromatic N) is 2. The summed E-state index contributed by atoms with van der Waals surface area (Å²) in [5.74, 6) is 0.205. The zero-order chi connectivity index (χ0) is 21.1. The monoisotopic (exact) mass is 432 g/mol. The molecule has 0 radical (unpaired) electrons. The Hall–Kier alpha value is -2.45. The second-order valence-corrected chi connectivity index (χ2v) is 8.16. The third-order valence-electron chi connectivity index (χ3n) is 5.02. The van der Waals surface area contributed by atoms with Gasteiger partial charge in [0, 0.05) is 17.3 Å². The predicted octanol–water partition coefficient (Wildman–Crippen LogP) is 5.62. The Bertz CT molecular complexity index is 1030. The van der Waals surface area contributed by atoms with E-state index in [9.17, 15) is 13.6 Å². The summed E-state index contributed by atoms with van der Waals surface area (Å²) in [6.45, 7) is -0.458. The van der Waals surface area contributed by atoms with E-state index >= 15 is 0 Å². The Morgan fingerprint density at radius 3 is 2.80 bits per heavy atom. The van der Waals surface area contributed by atoms with Gasteiger partial charge in [-0.1, -0.05) is 24.3 Å². The molecule has 1 aliphatic heterocycles. The third-order valence-corrected chi connectivity index (χ3v) is 6.23. The molecule has 5 nitrogen and oxygen atoms in total. The highest BCUT2D eigenvalue weighted by atomic mass is 32.2. The standard InChI is InChI=1S/C22H22F2N2O3S/c1-14(20-25-17-9-3-4-10-18(17)26(20)22(23)24)29-21(27)16-8-2-5-11-19(16)30-13-15-7-6-12-28-15/h2-5,8-11,14-15,22H,6-7,12-13H2,1H3/t14-,15-/m0/s1. The van der Waals surface area contributed by atoms with Crippen LogP contribution < -0.4 is 0 Å². The van der Waals surface area contributed by atoms with Crippen molar-refractivity contribution in [2.24, 2.45) is 0 Å². The van der Waals surface area contributed by atoms with Crippen molar-refractivity contribution in [1.82, 2.24) is 9.55 Å². The van der Waals surface area contributed by atoms with E-state index in [4.69, 9.17) is 9.47 Å². The zero-order valence-corrected chi connectivity index (χ0v) is 17.3. The first kappa shape index (κ1) is 20.8. The summed E-state index contributed by atoms with van der Waals surface area (Å²) >= 11 is 1.54. The summed E-state index contributed by atoms with van der Waals surface area (Å²) in [6, 6.07) is 13.8. The molecular weight excluding hydrogens is 410 g/mol. The fourth-order valence-electron chi connectivity index (χ4n) is 3.55. The molecule has 0 bridgehead atoms. The van der Waals surface area contributed by atoms with Gasteiger partial charge >= 0.3 is 12.5 Å². The molecule has 0 N–H and O–H groups in total. The van der Waals surface area contributed by atoms with Crippen molar-refractivity contribution < 1.29 is 23.0 Å². The lowest BCUT2D eigenvalue weighted by Gasteiger charge is -2.16. The number of benzene rings is 2. The van der Waals surface area contributed by atoms with Crippen molar-refractivity contribution in [3.05, 3.63) is 59.9 Å². The lowest BCUT2D eigenvalue weighted by atomic mass is 10.2. The van der Waals surface area contributed by atoms with Crippen molar-refractivity contribution in [3.8, 4) is 0 Å². The SMILES string of the molecule is C[C@H](OC(=O)c1ccccc1SC[C@@H]1CCCO1)c1nc2ccccc2n1C(F)F. The molecule has 1 saturated heterocycles. The van der Waals surface area contributed by atoms with Gasteiger partial charge < -0.3 is 9.47 Å². The number of para-hydroxylation sites is 2. The Balaban J connectivity index is 1.53. The van der Waals surface area contributed by atoms with Gasteiger partial charge in [0.15, 0.2) is 11.9 Å². The fourth-order valence-corrected chi connectivity index (χ4v) is 4.66. The first-order chi connectivity index (χ1) is 14.5. The number of halogens is 2. The number of esters is 1. The molecule has 1 fully saturated rings. The van der Waals surface area contributed by atoms with Crippen LogP contribution in [0, 0.1) is 0 Å². The first-order valence-electron chi connectivity index (χ1n) is 9.84. The summed E-state index contributed by atoms with van der Waals surface area (Å²) < 4.78 is 39.4. The predicted molar refractivity (Wildman–Crippen MR) is 111 cm³/mol. The Morgan fingerprint density at radius 1 is 1.27 bits per heavy atom. The minimum absolute atomic E-state index is 0.0176. The molecule has 0 aliphatic carbocycles. The molecule has 1 aliphatic rings. The van der Waals surface area contributed by atoms with Crippen molar-refractivity contribution >= 4 is 28.8 Å². The second-order valence-electron chi connectivity index (χ2n) is 7.10. The van der Waals surface area contributed by atoms with Gasteiger partial charge in [-0.3, -0.25) is 4.57 Å². The van der Waals surface area contributed by atoms with Crippen LogP contribution in [0.25, 0.3) is 11.0 Å². The largest absolute Gasteiger partial charge is 0.451 e. The average Bonchev–Trinajstić information content (AvgIpc) is 3.40. The Kier molecular flexibility index (Phi) is 6.34. The molecule has 30 heavy (non-hydrogen) atoms. The highest BCUT2D eigenvalue weighted by molar-refractivity contribution is 7.99. The lowest BCUT2D eigenvalue weighted by Crippen LogP contribution is -2.15. The minimum Gasteiger partial charge on any atom is -0.451 e. The Morgan fingerprint density at radius 2 is 2.03 bits per heavy atom. The number of rotatable bonds is 7. The van der Waals surface area contributed by atoms with Gasteiger partial charge in [0.25, 0.3) is 0 Å². The van der Waals surface area contributed by atoms with Gasteiger partial charge in [-0.25, -0.2) is 9.78 Å². The van der Waals surface area contributed by atoms with Crippen molar-refractivity contribution in [2.45, 2.75) is 43.4 Å². The van der Waals surface area contributed by atoms with Crippen molar-refractivity contribution in [1.29, 1.82) is 0 Å². The van der Waals surface area contributed by atoms with Crippen LogP contribution in [0.4, 0.5) is 8.78 Å². The summed E-state index contributed by atoms with van der Waals surface area (Å²) in [4.78, 5) is 17.9. The highest BCUT2D eigenvalue weighted by Crippen LogP contribution is 2.31. The Labute approximate surface area is 177 Å². The molecule has 2 atom stereocenters. The van der Waals surface area contributed by atoms with Crippen LogP contribution in [0.1, 0.15) is 48.6 Å². The first-order valence-corrected chi connectivity index (χ1v) is 10.8. The van der Waals surface area contributed by atoms with Gasteiger partial charge in [0.1, 0.15) is 0 Å². The molecule has 1 aromatic heterocycles. The number of alkyl halides is 2. The maximum atomic E-state index is 13.7. The number of carbonyl (C=O) groups is 1. The molecule has 8 heteroatoms. The van der Waals surface area contributed by atoms with Gasteiger partial charge in [0.05, 0.1) is 22.7 Å². The van der Waals surface area contributed by atoms with E-state index in [1.165, 1.54) is 0 Å². The summed E-state index contributed by atoms with van der Waals surface area (Å²) in [7, 11) is 0. The van der Waals surface area contributed by atoms with E-state index in [1.807, 2.05) is 12.1 Å². The average molecular weight is 432 g/mol. The molecule has 0 saturated carbocycles. The molecular formula is C22H22F2N2O3S. The van der Waals surface area contributed by atoms with E-state index in [2.05, 4.69) is 4.98 Å². The van der Waals surface area contributed by atoms with Gasteiger partial charge in [-0.15, -0.1) is 11.8 Å². The number of imidazole rings is 1. The molecule has 158 valence electrons. The molecule has 3 aromatic rings. The second kappa shape index (κ2) is 9.14. The number of fused-ring (bicyclic) bond motifs is 1. The maximum absolute atomic E-state index is 13.7. The quantitative estimate of drug-likeness (QED) is 0.358. The number of aromatic nitrogens is 2. The van der Waals surface area contributed by atoms with Crippen molar-refractivity contribution in [2.75, 3.05) is 12.4 Å². The maximum Gasteiger partial charge on any atom is 0.339 e. The molecule has 2 aromatic carbocycles. The summed E-state index contributed by atoms with van der Waals surface area (Å²) in [5.41, 5.74) is 1.15. The molecule has 0 unspecified atom stereocenters.